The highest BCUT2D eigenvalue weighted by Crippen LogP contribution is 2.30. The Bertz CT molecular complexity index is 961. The molecule has 1 aromatic heterocycles. The van der Waals surface area contributed by atoms with Crippen LogP contribution in [0.5, 0.6) is 17.2 Å². The van der Waals surface area contributed by atoms with Crippen LogP contribution in [-0.2, 0) is 0 Å². The molecule has 144 valence electrons. The first-order valence-corrected chi connectivity index (χ1v) is 8.40. The third-order valence-corrected chi connectivity index (χ3v) is 3.91. The number of ether oxygens (including phenoxy) is 3. The molecule has 8 nitrogen and oxygen atoms in total. The molecule has 3 aromatic rings. The van der Waals surface area contributed by atoms with Gasteiger partial charge in [-0.25, -0.2) is 9.97 Å². The number of para-hydroxylation sites is 2. The molecule has 0 aliphatic carbocycles. The van der Waals surface area contributed by atoms with Gasteiger partial charge in [-0.15, -0.1) is 0 Å². The summed E-state index contributed by atoms with van der Waals surface area (Å²) in [5, 5.41) is 5.83. The molecule has 0 radical (unpaired) electrons. The molecule has 28 heavy (non-hydrogen) atoms. The summed E-state index contributed by atoms with van der Waals surface area (Å²) in [4.78, 5) is 20.8. The lowest BCUT2D eigenvalue weighted by molar-refractivity contribution is 0.102. The minimum Gasteiger partial charge on any atom is -0.495 e. The number of nitrogens with one attached hydrogen (secondary N) is 2. The van der Waals surface area contributed by atoms with Gasteiger partial charge in [0, 0.05) is 24.1 Å². The zero-order chi connectivity index (χ0) is 19.9. The van der Waals surface area contributed by atoms with E-state index >= 15 is 0 Å². The Morgan fingerprint density at radius 3 is 2.21 bits per heavy atom. The Balaban J connectivity index is 1.70. The molecule has 0 saturated carbocycles. The van der Waals surface area contributed by atoms with Crippen molar-refractivity contribution in [3.63, 3.8) is 0 Å². The van der Waals surface area contributed by atoms with Gasteiger partial charge in [0.25, 0.3) is 5.91 Å². The third kappa shape index (κ3) is 4.29. The molecule has 0 aliphatic heterocycles. The number of methoxy groups -OCH3 is 3. The summed E-state index contributed by atoms with van der Waals surface area (Å²) >= 11 is 0. The fourth-order valence-electron chi connectivity index (χ4n) is 2.50. The van der Waals surface area contributed by atoms with Gasteiger partial charge in [-0.3, -0.25) is 4.79 Å². The summed E-state index contributed by atoms with van der Waals surface area (Å²) in [5.41, 5.74) is 1.62. The van der Waals surface area contributed by atoms with E-state index in [9.17, 15) is 4.79 Å². The average Bonchev–Trinajstić information content (AvgIpc) is 2.74. The predicted octanol–water partition coefficient (Wildman–Crippen LogP) is 3.50. The molecule has 0 spiro atoms. The zero-order valence-corrected chi connectivity index (χ0v) is 15.7. The van der Waals surface area contributed by atoms with Crippen molar-refractivity contribution in [3.05, 3.63) is 60.4 Å². The molecule has 0 aliphatic rings. The number of hydrogen-bond donors (Lipinski definition) is 2. The second kappa shape index (κ2) is 8.72. The van der Waals surface area contributed by atoms with E-state index < -0.39 is 0 Å². The van der Waals surface area contributed by atoms with E-state index in [4.69, 9.17) is 14.2 Å². The van der Waals surface area contributed by atoms with Crippen LogP contribution in [0.2, 0.25) is 0 Å². The maximum Gasteiger partial charge on any atom is 0.258 e. The van der Waals surface area contributed by atoms with Gasteiger partial charge in [-0.05, 0) is 24.3 Å². The topological polar surface area (TPSA) is 94.6 Å². The minimum absolute atomic E-state index is 0.323. The standard InChI is InChI=1S/C20H20N4O4/c1-26-16-7-5-4-6-15(16)24-19(25)13-11-21-20(22-12-13)23-14-8-9-17(27-2)18(10-14)28-3/h4-12H,1-3H3,(H,24,25)(H,21,22,23). The molecule has 1 amide bonds. The largest absolute Gasteiger partial charge is 0.495 e. The van der Waals surface area contributed by atoms with Crippen LogP contribution in [0, 0.1) is 0 Å². The predicted molar refractivity (Wildman–Crippen MR) is 106 cm³/mol. The fraction of sp³-hybridized carbons (Fsp3) is 0.150. The normalized spacial score (nSPS) is 10.1. The van der Waals surface area contributed by atoms with Crippen LogP contribution in [0.1, 0.15) is 10.4 Å². The van der Waals surface area contributed by atoms with Gasteiger partial charge in [0.1, 0.15) is 5.75 Å². The van der Waals surface area contributed by atoms with Gasteiger partial charge in [0.2, 0.25) is 5.95 Å². The van der Waals surface area contributed by atoms with Crippen LogP contribution in [0.15, 0.2) is 54.9 Å². The number of hydrogen-bond acceptors (Lipinski definition) is 7. The van der Waals surface area contributed by atoms with E-state index in [0.29, 0.717) is 34.4 Å². The summed E-state index contributed by atoms with van der Waals surface area (Å²) in [6.07, 6.45) is 2.89. The lowest BCUT2D eigenvalue weighted by atomic mass is 10.2. The Hall–Kier alpha value is -3.81. The van der Waals surface area contributed by atoms with Gasteiger partial charge < -0.3 is 24.8 Å². The van der Waals surface area contributed by atoms with Crippen molar-refractivity contribution in [2.75, 3.05) is 32.0 Å². The molecule has 0 saturated heterocycles. The number of nitrogens with zero attached hydrogens (tertiary/aromatic N) is 2. The van der Waals surface area contributed by atoms with Gasteiger partial charge in [-0.2, -0.15) is 0 Å². The summed E-state index contributed by atoms with van der Waals surface area (Å²) in [7, 11) is 4.68. The number of carbonyl (C=O) groups excluding carboxylic acids is 1. The van der Waals surface area contributed by atoms with Crippen LogP contribution in [0.4, 0.5) is 17.3 Å². The summed E-state index contributed by atoms with van der Waals surface area (Å²) < 4.78 is 15.7. The lowest BCUT2D eigenvalue weighted by Crippen LogP contribution is -2.13. The third-order valence-electron chi connectivity index (χ3n) is 3.91. The van der Waals surface area contributed by atoms with Crippen molar-refractivity contribution in [1.29, 1.82) is 0 Å². The molecule has 0 bridgehead atoms. The number of anilines is 3. The number of carbonyl (C=O) groups is 1. The van der Waals surface area contributed by atoms with Crippen molar-refractivity contribution in [1.82, 2.24) is 9.97 Å². The molecule has 0 fully saturated rings. The van der Waals surface area contributed by atoms with Gasteiger partial charge in [-0.1, -0.05) is 12.1 Å². The molecule has 0 unspecified atom stereocenters. The zero-order valence-electron chi connectivity index (χ0n) is 15.7. The van der Waals surface area contributed by atoms with Crippen LogP contribution in [0.3, 0.4) is 0 Å². The fourth-order valence-corrected chi connectivity index (χ4v) is 2.50. The maximum absolute atomic E-state index is 12.4. The van der Waals surface area contributed by atoms with E-state index in [2.05, 4.69) is 20.6 Å². The molecule has 1 heterocycles. The first-order chi connectivity index (χ1) is 13.6. The molecule has 2 aromatic carbocycles. The Labute approximate surface area is 162 Å². The Morgan fingerprint density at radius 2 is 1.54 bits per heavy atom. The summed E-state index contributed by atoms with van der Waals surface area (Å²) in [6, 6.07) is 12.5. The summed E-state index contributed by atoms with van der Waals surface area (Å²) in [5.74, 6) is 1.80. The smallest absolute Gasteiger partial charge is 0.258 e. The van der Waals surface area contributed by atoms with Gasteiger partial charge >= 0.3 is 0 Å². The first-order valence-electron chi connectivity index (χ1n) is 8.40. The molecule has 3 rings (SSSR count). The maximum atomic E-state index is 12.4. The van der Waals surface area contributed by atoms with Crippen molar-refractivity contribution >= 4 is 23.2 Å². The van der Waals surface area contributed by atoms with Crippen LogP contribution < -0.4 is 24.8 Å². The Morgan fingerprint density at radius 1 is 0.857 bits per heavy atom. The quantitative estimate of drug-likeness (QED) is 0.648. The van der Waals surface area contributed by atoms with E-state index in [1.54, 1.807) is 45.6 Å². The monoisotopic (exact) mass is 380 g/mol. The SMILES string of the molecule is COc1ccccc1NC(=O)c1cnc(Nc2ccc(OC)c(OC)c2)nc1. The van der Waals surface area contributed by atoms with Crippen molar-refractivity contribution < 1.29 is 19.0 Å². The highest BCUT2D eigenvalue weighted by atomic mass is 16.5. The average molecular weight is 380 g/mol. The van der Waals surface area contributed by atoms with Crippen molar-refractivity contribution in [2.45, 2.75) is 0 Å². The number of aromatic nitrogens is 2. The molecule has 2 N–H and O–H groups in total. The second-order valence-corrected chi connectivity index (χ2v) is 5.64. The van der Waals surface area contributed by atoms with E-state index in [1.807, 2.05) is 18.2 Å². The Kier molecular flexibility index (Phi) is 5.91. The van der Waals surface area contributed by atoms with Gasteiger partial charge in [0.05, 0.1) is 32.6 Å². The summed E-state index contributed by atoms with van der Waals surface area (Å²) in [6.45, 7) is 0. The highest BCUT2D eigenvalue weighted by Gasteiger charge is 2.11. The van der Waals surface area contributed by atoms with Crippen LogP contribution >= 0.6 is 0 Å². The molecule has 0 atom stereocenters. The number of amides is 1. The minimum atomic E-state index is -0.331. The van der Waals surface area contributed by atoms with Gasteiger partial charge in [0.15, 0.2) is 11.5 Å². The first kappa shape index (κ1) is 19.0. The van der Waals surface area contributed by atoms with Crippen LogP contribution in [0.25, 0.3) is 0 Å². The molecule has 8 heteroatoms. The number of rotatable bonds is 7. The molecular weight excluding hydrogens is 360 g/mol. The van der Waals surface area contributed by atoms with E-state index in [0.717, 1.165) is 5.69 Å². The van der Waals surface area contributed by atoms with Crippen molar-refractivity contribution in [2.24, 2.45) is 0 Å². The second-order valence-electron chi connectivity index (χ2n) is 5.64. The lowest BCUT2D eigenvalue weighted by Gasteiger charge is -2.11. The van der Waals surface area contributed by atoms with Crippen LogP contribution in [-0.4, -0.2) is 37.2 Å². The highest BCUT2D eigenvalue weighted by molar-refractivity contribution is 6.04. The number of benzene rings is 2. The van der Waals surface area contributed by atoms with Crippen molar-refractivity contribution in [3.8, 4) is 17.2 Å². The van der Waals surface area contributed by atoms with E-state index in [-0.39, 0.29) is 5.91 Å². The van der Waals surface area contributed by atoms with E-state index in [1.165, 1.54) is 12.4 Å². The molecular formula is C20H20N4O4.